The summed E-state index contributed by atoms with van der Waals surface area (Å²) in [6.45, 7) is -1.53. The Labute approximate surface area is 362 Å². The molecule has 4 aromatic carbocycles. The average Bonchev–Trinajstić information content (AvgIpc) is 3.75. The van der Waals surface area contributed by atoms with Crippen LogP contribution in [-0.2, 0) is 47.4 Å². The van der Waals surface area contributed by atoms with Crippen molar-refractivity contribution in [2.24, 2.45) is 13.0 Å². The van der Waals surface area contributed by atoms with Crippen molar-refractivity contribution in [3.63, 3.8) is 0 Å². The van der Waals surface area contributed by atoms with Crippen LogP contribution in [0.2, 0.25) is 5.02 Å². The molecule has 2 aliphatic carbocycles. The molecule has 0 unspecified atom stereocenters. The number of aliphatic hydroxyl groups excluding tert-OH is 1. The molecule has 13 nitrogen and oxygen atoms in total. The fourth-order valence-electron chi connectivity index (χ4n) is 8.70. The third-order valence-corrected chi connectivity index (χ3v) is 12.2. The number of fused-ring (bicyclic) bond motifs is 5. The number of nitrogens with one attached hydrogen (secondary N) is 2. The van der Waals surface area contributed by atoms with Gasteiger partial charge >= 0.3 is 0 Å². The number of aliphatic hydroxyl groups is 1. The molecule has 7 aromatic rings. The molecule has 3 heterocycles. The number of sulfonamides is 1. The van der Waals surface area contributed by atoms with Crippen molar-refractivity contribution in [3.05, 3.63) is 133 Å². The number of carbonyl (C=O) groups is 1. The standard InChI is InChI=1S/C42H32ClF7N8O5S/c1-56-36-31(8-7-28(43)34(36)39(54-56)55-64(2,62)63)58-40(52-29-12-19(4-6-24(29)41(58)61)25-14-21(44)5-3-20(25)17-59)30(11-18-9-22(45)13-23(46)10-18)51-32(60)16-57-37-33(35(53-57)38(47)48)26-15-27(26)42(37,49)50/h3-10,12-14,26-27,30,38,59H,11,15-17H2,1-2H3,(H,51,60)(H,54,55)/t26-,27+,30-/m0/s1. The van der Waals surface area contributed by atoms with Crippen molar-refractivity contribution in [1.82, 2.24) is 34.4 Å². The highest BCUT2D eigenvalue weighted by molar-refractivity contribution is 7.92. The monoisotopic (exact) mass is 928 g/mol. The van der Waals surface area contributed by atoms with E-state index in [4.69, 9.17) is 16.6 Å². The first kappa shape index (κ1) is 43.0. The van der Waals surface area contributed by atoms with Gasteiger partial charge in [-0.1, -0.05) is 23.7 Å². The van der Waals surface area contributed by atoms with Gasteiger partial charge in [0.05, 0.1) is 51.4 Å². The molecule has 0 saturated heterocycles. The van der Waals surface area contributed by atoms with E-state index in [1.54, 1.807) is 0 Å². The molecule has 64 heavy (non-hydrogen) atoms. The van der Waals surface area contributed by atoms with Gasteiger partial charge in [0.1, 0.15) is 41.2 Å². The minimum atomic E-state index is -3.95. The molecule has 0 spiro atoms. The molecular weight excluding hydrogens is 897 g/mol. The summed E-state index contributed by atoms with van der Waals surface area (Å²) < 4.78 is 133. The number of hydrogen-bond acceptors (Lipinski definition) is 8. The number of alkyl halides is 4. The minimum Gasteiger partial charge on any atom is -0.392 e. The van der Waals surface area contributed by atoms with Crippen LogP contribution in [0.3, 0.4) is 0 Å². The van der Waals surface area contributed by atoms with Crippen molar-refractivity contribution < 1.29 is 49.1 Å². The summed E-state index contributed by atoms with van der Waals surface area (Å²) >= 11 is 6.62. The molecular formula is C42H32ClF7N8O5S. The lowest BCUT2D eigenvalue weighted by Gasteiger charge is -2.24. The van der Waals surface area contributed by atoms with E-state index < -0.39 is 100 Å². The van der Waals surface area contributed by atoms with Gasteiger partial charge in [-0.3, -0.25) is 28.2 Å². The predicted octanol–water partition coefficient (Wildman–Crippen LogP) is 7.32. The number of anilines is 1. The Hall–Kier alpha value is -6.32. The van der Waals surface area contributed by atoms with Gasteiger partial charge in [-0.25, -0.2) is 35.4 Å². The van der Waals surface area contributed by atoms with E-state index >= 15 is 13.6 Å². The molecule has 1 amide bonds. The van der Waals surface area contributed by atoms with Crippen molar-refractivity contribution >= 4 is 55.2 Å². The van der Waals surface area contributed by atoms with Crippen molar-refractivity contribution in [1.29, 1.82) is 0 Å². The van der Waals surface area contributed by atoms with Gasteiger partial charge in [-0.2, -0.15) is 19.0 Å². The summed E-state index contributed by atoms with van der Waals surface area (Å²) in [5.41, 5.74) is -2.15. The second-order valence-electron chi connectivity index (χ2n) is 15.7. The summed E-state index contributed by atoms with van der Waals surface area (Å²) in [6, 6.07) is 11.5. The molecule has 3 atom stereocenters. The maximum atomic E-state index is 15.5. The molecule has 9 rings (SSSR count). The van der Waals surface area contributed by atoms with Crippen LogP contribution in [0, 0.1) is 23.4 Å². The first-order valence-corrected chi connectivity index (χ1v) is 21.6. The van der Waals surface area contributed by atoms with Gasteiger partial charge in [-0.15, -0.1) is 0 Å². The van der Waals surface area contributed by atoms with Gasteiger partial charge in [0.25, 0.3) is 17.9 Å². The topological polar surface area (TPSA) is 166 Å². The van der Waals surface area contributed by atoms with E-state index in [2.05, 4.69) is 20.2 Å². The van der Waals surface area contributed by atoms with E-state index in [1.807, 2.05) is 0 Å². The number of aromatic nitrogens is 6. The molecule has 1 fully saturated rings. The van der Waals surface area contributed by atoms with Gasteiger partial charge in [0.2, 0.25) is 15.9 Å². The van der Waals surface area contributed by atoms with Crippen LogP contribution in [0.5, 0.6) is 0 Å². The second kappa shape index (κ2) is 15.4. The number of rotatable bonds is 12. The van der Waals surface area contributed by atoms with E-state index in [-0.39, 0.29) is 72.8 Å². The van der Waals surface area contributed by atoms with Gasteiger partial charge in [0, 0.05) is 31.0 Å². The Balaban J connectivity index is 1.27. The quantitative estimate of drug-likeness (QED) is 0.107. The van der Waals surface area contributed by atoms with Crippen molar-refractivity contribution in [2.75, 3.05) is 11.0 Å². The summed E-state index contributed by atoms with van der Waals surface area (Å²) in [5.74, 6) is -10.0. The van der Waals surface area contributed by atoms with Crippen LogP contribution in [0.4, 0.5) is 36.6 Å². The van der Waals surface area contributed by atoms with E-state index in [9.17, 15) is 40.3 Å². The predicted molar refractivity (Wildman–Crippen MR) is 219 cm³/mol. The summed E-state index contributed by atoms with van der Waals surface area (Å²) in [6.07, 6.45) is -2.92. The lowest BCUT2D eigenvalue weighted by atomic mass is 9.98. The van der Waals surface area contributed by atoms with E-state index in [0.29, 0.717) is 16.3 Å². The highest BCUT2D eigenvalue weighted by Gasteiger charge is 2.67. The summed E-state index contributed by atoms with van der Waals surface area (Å²) in [5, 5.41) is 20.6. The number of hydrogen-bond donors (Lipinski definition) is 3. The SMILES string of the molecule is Cn1nc(NS(C)(=O)=O)c2c(Cl)ccc(-n3c([C@H](Cc4cc(F)cc(F)c4)NC(=O)Cn4nc(C(F)F)c5c4C(F)(F)[C@@H]4C[C@H]54)nc4cc(-c5cc(F)ccc5CO)ccc4c3=O)c21. The second-order valence-corrected chi connectivity index (χ2v) is 17.9. The maximum absolute atomic E-state index is 15.5. The molecule has 0 bridgehead atoms. The zero-order valence-electron chi connectivity index (χ0n) is 33.2. The molecule has 0 aliphatic heterocycles. The third kappa shape index (κ3) is 7.43. The number of aryl methyl sites for hydroxylation is 1. The molecule has 3 aromatic heterocycles. The normalized spacial score (nSPS) is 16.9. The van der Waals surface area contributed by atoms with Crippen LogP contribution < -0.4 is 15.6 Å². The fraction of sp³-hybridized carbons (Fsp3) is 0.262. The first-order valence-electron chi connectivity index (χ1n) is 19.3. The molecule has 3 N–H and O–H groups in total. The average molecular weight is 929 g/mol. The number of benzene rings is 4. The van der Waals surface area contributed by atoms with Crippen LogP contribution >= 0.6 is 11.6 Å². The highest BCUT2D eigenvalue weighted by Crippen LogP contribution is 2.68. The fourth-order valence-corrected chi connectivity index (χ4v) is 9.44. The summed E-state index contributed by atoms with van der Waals surface area (Å²) in [4.78, 5) is 34.0. The number of carbonyl (C=O) groups excluding carboxylic acids is 1. The Morgan fingerprint density at radius 2 is 1.73 bits per heavy atom. The third-order valence-electron chi connectivity index (χ3n) is 11.4. The molecule has 22 heteroatoms. The van der Waals surface area contributed by atoms with Crippen molar-refractivity contribution in [2.45, 2.75) is 50.3 Å². The number of nitrogens with zero attached hydrogens (tertiary/aromatic N) is 6. The lowest BCUT2D eigenvalue weighted by molar-refractivity contribution is -0.123. The van der Waals surface area contributed by atoms with Gasteiger partial charge in [0.15, 0.2) is 5.82 Å². The zero-order chi connectivity index (χ0) is 45.7. The van der Waals surface area contributed by atoms with Crippen molar-refractivity contribution in [3.8, 4) is 16.8 Å². The first-order chi connectivity index (χ1) is 30.2. The van der Waals surface area contributed by atoms with Gasteiger partial charge in [-0.05, 0) is 83.1 Å². The van der Waals surface area contributed by atoms with E-state index in [0.717, 1.165) is 35.1 Å². The highest BCUT2D eigenvalue weighted by atomic mass is 35.5. The molecule has 2 aliphatic rings. The van der Waals surface area contributed by atoms with Gasteiger partial charge < -0.3 is 10.4 Å². The molecule has 332 valence electrons. The molecule has 1 saturated carbocycles. The Morgan fingerprint density at radius 1 is 1.00 bits per heavy atom. The Kier molecular flexibility index (Phi) is 10.4. The largest absolute Gasteiger partial charge is 0.392 e. The zero-order valence-corrected chi connectivity index (χ0v) is 34.8. The maximum Gasteiger partial charge on any atom is 0.293 e. The smallest absolute Gasteiger partial charge is 0.293 e. The molecule has 0 radical (unpaired) electrons. The number of amides is 1. The van der Waals surface area contributed by atoms with Crippen LogP contribution in [0.15, 0.2) is 71.5 Å². The minimum absolute atomic E-state index is 0.00906. The van der Waals surface area contributed by atoms with E-state index in [1.165, 1.54) is 48.1 Å². The Morgan fingerprint density at radius 3 is 2.42 bits per heavy atom. The lowest BCUT2D eigenvalue weighted by Crippen LogP contribution is -2.38. The van der Waals surface area contributed by atoms with Crippen LogP contribution in [-0.4, -0.2) is 54.8 Å². The van der Waals surface area contributed by atoms with Crippen LogP contribution in [0.1, 0.15) is 58.7 Å². The van der Waals surface area contributed by atoms with Crippen LogP contribution in [0.25, 0.3) is 38.6 Å². The summed E-state index contributed by atoms with van der Waals surface area (Å²) in [7, 11) is -2.53. The Bertz CT molecular complexity index is 3270. The number of halogens is 8.